The van der Waals surface area contributed by atoms with E-state index in [9.17, 15) is 4.79 Å². The van der Waals surface area contributed by atoms with E-state index in [0.717, 1.165) is 36.8 Å². The maximum Gasteiger partial charge on any atom is 0.320 e. The fraction of sp³-hybridized carbons (Fsp3) is 0.583. The van der Waals surface area contributed by atoms with E-state index in [1.807, 2.05) is 6.92 Å². The van der Waals surface area contributed by atoms with Gasteiger partial charge in [-0.15, -0.1) is 0 Å². The van der Waals surface area contributed by atoms with E-state index in [2.05, 4.69) is 13.2 Å². The Morgan fingerprint density at radius 3 is 2.40 bits per heavy atom. The summed E-state index contributed by atoms with van der Waals surface area (Å²) in [7, 11) is 0. The average molecular weight is 211 g/mol. The van der Waals surface area contributed by atoms with Gasteiger partial charge in [0.05, 0.1) is 0 Å². The van der Waals surface area contributed by atoms with Crippen LogP contribution in [-0.4, -0.2) is 17.1 Å². The van der Waals surface area contributed by atoms with E-state index < -0.39 is 12.0 Å². The highest BCUT2D eigenvalue weighted by molar-refractivity contribution is 5.72. The van der Waals surface area contributed by atoms with Crippen LogP contribution < -0.4 is 5.73 Å². The zero-order valence-electron chi connectivity index (χ0n) is 9.46. The second-order valence-electron chi connectivity index (χ2n) is 3.93. The molecule has 0 aliphatic rings. The van der Waals surface area contributed by atoms with Gasteiger partial charge in [0.2, 0.25) is 0 Å². The first kappa shape index (κ1) is 13.9. The van der Waals surface area contributed by atoms with Crippen molar-refractivity contribution in [2.24, 2.45) is 5.73 Å². The Kier molecular flexibility index (Phi) is 6.71. The van der Waals surface area contributed by atoms with Crippen molar-refractivity contribution >= 4 is 5.97 Å². The monoisotopic (exact) mass is 211 g/mol. The van der Waals surface area contributed by atoms with E-state index in [1.54, 1.807) is 0 Å². The molecule has 0 aliphatic carbocycles. The lowest BCUT2D eigenvalue weighted by atomic mass is 10.0. The molecule has 15 heavy (non-hydrogen) atoms. The molecule has 0 amide bonds. The molecule has 0 heterocycles. The number of allylic oxidation sites excluding steroid dienone is 2. The lowest BCUT2D eigenvalue weighted by molar-refractivity contribution is -0.138. The molecule has 86 valence electrons. The topological polar surface area (TPSA) is 63.3 Å². The Morgan fingerprint density at radius 2 is 1.93 bits per heavy atom. The highest BCUT2D eigenvalue weighted by atomic mass is 16.4. The normalized spacial score (nSPS) is 12.1. The molecule has 3 heteroatoms. The minimum Gasteiger partial charge on any atom is -0.480 e. The molecule has 0 saturated carbocycles. The molecule has 0 aromatic carbocycles. The number of carboxylic acid groups (broad SMARTS) is 1. The molecular weight excluding hydrogens is 190 g/mol. The van der Waals surface area contributed by atoms with Crippen LogP contribution in [0.2, 0.25) is 0 Å². The van der Waals surface area contributed by atoms with Crippen LogP contribution in [0.1, 0.15) is 39.0 Å². The third-order valence-electron chi connectivity index (χ3n) is 2.41. The van der Waals surface area contributed by atoms with E-state index in [4.69, 9.17) is 10.8 Å². The maximum absolute atomic E-state index is 10.4. The molecule has 0 bridgehead atoms. The van der Waals surface area contributed by atoms with E-state index in [-0.39, 0.29) is 0 Å². The Balaban J connectivity index is 3.44. The molecule has 1 unspecified atom stereocenters. The van der Waals surface area contributed by atoms with E-state index in [1.165, 1.54) is 0 Å². The van der Waals surface area contributed by atoms with Gasteiger partial charge in [0, 0.05) is 0 Å². The van der Waals surface area contributed by atoms with E-state index in [0.29, 0.717) is 6.42 Å². The van der Waals surface area contributed by atoms with Crippen LogP contribution in [0.25, 0.3) is 0 Å². The zero-order chi connectivity index (χ0) is 11.8. The van der Waals surface area contributed by atoms with Gasteiger partial charge in [-0.2, -0.15) is 0 Å². The molecule has 3 N–H and O–H groups in total. The van der Waals surface area contributed by atoms with Gasteiger partial charge in [0.25, 0.3) is 0 Å². The van der Waals surface area contributed by atoms with Crippen molar-refractivity contribution in [3.05, 3.63) is 24.3 Å². The lowest BCUT2D eigenvalue weighted by Crippen LogP contribution is -2.29. The first-order valence-electron chi connectivity index (χ1n) is 5.27. The van der Waals surface area contributed by atoms with Gasteiger partial charge in [0.15, 0.2) is 0 Å². The molecule has 0 aliphatic heterocycles. The summed E-state index contributed by atoms with van der Waals surface area (Å²) in [6.07, 6.45) is 4.37. The number of rotatable bonds is 8. The summed E-state index contributed by atoms with van der Waals surface area (Å²) in [5.41, 5.74) is 7.48. The first-order chi connectivity index (χ1) is 6.95. The number of hydrogen-bond acceptors (Lipinski definition) is 2. The number of unbranched alkanes of at least 4 members (excludes halogenated alkanes) is 2. The van der Waals surface area contributed by atoms with Gasteiger partial charge in [0.1, 0.15) is 6.04 Å². The Hall–Kier alpha value is -1.09. The number of carboxylic acids is 1. The average Bonchev–Trinajstić information content (AvgIpc) is 2.16. The number of carbonyl (C=O) groups is 1. The first-order valence-corrected chi connectivity index (χ1v) is 5.27. The van der Waals surface area contributed by atoms with Gasteiger partial charge in [-0.05, 0) is 26.2 Å². The number of nitrogens with two attached hydrogens (primary N) is 1. The fourth-order valence-corrected chi connectivity index (χ4v) is 1.22. The SMILES string of the molecule is C=C(C)C(=C)CCCCCC(N)C(=O)O. The van der Waals surface area contributed by atoms with Crippen LogP contribution in [0.3, 0.4) is 0 Å². The third kappa shape index (κ3) is 6.91. The van der Waals surface area contributed by atoms with Crippen molar-refractivity contribution in [2.45, 2.75) is 45.1 Å². The molecular formula is C12H21NO2. The summed E-state index contributed by atoms with van der Waals surface area (Å²) in [5, 5.41) is 8.55. The predicted molar refractivity (Wildman–Crippen MR) is 62.7 cm³/mol. The summed E-state index contributed by atoms with van der Waals surface area (Å²) in [5.74, 6) is -0.915. The van der Waals surface area contributed by atoms with Crippen molar-refractivity contribution in [1.29, 1.82) is 0 Å². The summed E-state index contributed by atoms with van der Waals surface area (Å²) in [6, 6.07) is -0.714. The van der Waals surface area contributed by atoms with Crippen LogP contribution in [0, 0.1) is 0 Å². The summed E-state index contributed by atoms with van der Waals surface area (Å²) < 4.78 is 0. The van der Waals surface area contributed by atoms with Gasteiger partial charge >= 0.3 is 5.97 Å². The van der Waals surface area contributed by atoms with Crippen molar-refractivity contribution < 1.29 is 9.90 Å². The van der Waals surface area contributed by atoms with Crippen LogP contribution >= 0.6 is 0 Å². The van der Waals surface area contributed by atoms with Crippen molar-refractivity contribution in [1.82, 2.24) is 0 Å². The Morgan fingerprint density at radius 1 is 1.33 bits per heavy atom. The van der Waals surface area contributed by atoms with Crippen LogP contribution in [0.15, 0.2) is 24.3 Å². The molecule has 1 atom stereocenters. The molecule has 3 nitrogen and oxygen atoms in total. The lowest BCUT2D eigenvalue weighted by Gasteiger charge is -2.07. The summed E-state index contributed by atoms with van der Waals surface area (Å²) >= 11 is 0. The molecule has 0 radical (unpaired) electrons. The van der Waals surface area contributed by atoms with Crippen LogP contribution in [-0.2, 0) is 4.79 Å². The zero-order valence-corrected chi connectivity index (χ0v) is 9.46. The molecule has 0 aromatic heterocycles. The second-order valence-corrected chi connectivity index (χ2v) is 3.93. The van der Waals surface area contributed by atoms with Gasteiger partial charge in [-0.3, -0.25) is 4.79 Å². The third-order valence-corrected chi connectivity index (χ3v) is 2.41. The Bertz CT molecular complexity index is 246. The number of aliphatic carboxylic acids is 1. The Labute approximate surface area is 91.7 Å². The quantitative estimate of drug-likeness (QED) is 0.479. The summed E-state index contributed by atoms with van der Waals surface area (Å²) in [6.45, 7) is 9.65. The minimum atomic E-state index is -0.915. The summed E-state index contributed by atoms with van der Waals surface area (Å²) in [4.78, 5) is 10.4. The standard InChI is InChI=1S/C12H21NO2/c1-9(2)10(3)7-5-4-6-8-11(13)12(14)15/h11H,1,3-8,13H2,2H3,(H,14,15). The highest BCUT2D eigenvalue weighted by Gasteiger charge is 2.09. The molecule has 0 saturated heterocycles. The molecule has 0 fully saturated rings. The van der Waals surface area contributed by atoms with Gasteiger partial charge in [-0.1, -0.05) is 37.1 Å². The van der Waals surface area contributed by atoms with Crippen molar-refractivity contribution in [3.63, 3.8) is 0 Å². The predicted octanol–water partition coefficient (Wildman–Crippen LogP) is 2.48. The smallest absolute Gasteiger partial charge is 0.320 e. The minimum absolute atomic E-state index is 0.550. The highest BCUT2D eigenvalue weighted by Crippen LogP contribution is 2.14. The maximum atomic E-state index is 10.4. The molecule has 0 spiro atoms. The van der Waals surface area contributed by atoms with Crippen LogP contribution in [0.4, 0.5) is 0 Å². The molecule has 0 aromatic rings. The number of hydrogen-bond donors (Lipinski definition) is 2. The van der Waals surface area contributed by atoms with Gasteiger partial charge in [-0.25, -0.2) is 0 Å². The van der Waals surface area contributed by atoms with E-state index >= 15 is 0 Å². The fourth-order valence-electron chi connectivity index (χ4n) is 1.22. The van der Waals surface area contributed by atoms with Crippen LogP contribution in [0.5, 0.6) is 0 Å². The van der Waals surface area contributed by atoms with Gasteiger partial charge < -0.3 is 10.8 Å². The van der Waals surface area contributed by atoms with Crippen molar-refractivity contribution in [3.8, 4) is 0 Å². The molecule has 0 rings (SSSR count). The largest absolute Gasteiger partial charge is 0.480 e. The van der Waals surface area contributed by atoms with Crippen molar-refractivity contribution in [2.75, 3.05) is 0 Å². The second kappa shape index (κ2) is 7.23.